The van der Waals surface area contributed by atoms with E-state index in [0.29, 0.717) is 24.7 Å². The third kappa shape index (κ3) is 5.13. The molecule has 0 saturated heterocycles. The molecule has 0 spiro atoms. The van der Waals surface area contributed by atoms with E-state index in [1.165, 1.54) is 0 Å². The van der Waals surface area contributed by atoms with Crippen LogP contribution in [0, 0.1) is 0 Å². The topological polar surface area (TPSA) is 78.5 Å². The smallest absolute Gasteiger partial charge is 0.287 e. The number of aromatic nitrogens is 2. The van der Waals surface area contributed by atoms with Gasteiger partial charge in [-0.3, -0.25) is 9.48 Å². The van der Waals surface area contributed by atoms with Crippen LogP contribution in [0.1, 0.15) is 35.7 Å². The molecule has 7 nitrogen and oxygen atoms in total. The van der Waals surface area contributed by atoms with Crippen LogP contribution in [0.25, 0.3) is 0 Å². The van der Waals surface area contributed by atoms with Crippen molar-refractivity contribution in [1.29, 1.82) is 0 Å². The maximum Gasteiger partial charge on any atom is 0.287 e. The second kappa shape index (κ2) is 8.93. The van der Waals surface area contributed by atoms with E-state index in [4.69, 9.17) is 13.9 Å². The number of aryl methyl sites for hydroxylation is 1. The Balaban J connectivity index is 1.49. The highest BCUT2D eigenvalue weighted by molar-refractivity contribution is 5.91. The lowest BCUT2D eigenvalue weighted by Crippen LogP contribution is -2.22. The average Bonchev–Trinajstić information content (AvgIpc) is 3.35. The molecule has 0 aliphatic carbocycles. The Bertz CT molecular complexity index is 867. The summed E-state index contributed by atoms with van der Waals surface area (Å²) in [6, 6.07) is 10.7. The molecule has 142 valence electrons. The van der Waals surface area contributed by atoms with Gasteiger partial charge in [-0.15, -0.1) is 0 Å². The van der Waals surface area contributed by atoms with Gasteiger partial charge in [0.05, 0.1) is 12.8 Å². The van der Waals surface area contributed by atoms with E-state index in [1.54, 1.807) is 18.3 Å². The normalized spacial score (nSPS) is 10.6. The molecule has 27 heavy (non-hydrogen) atoms. The Morgan fingerprint density at radius 3 is 2.52 bits per heavy atom. The van der Waals surface area contributed by atoms with Crippen molar-refractivity contribution in [3.05, 3.63) is 65.9 Å². The average molecular weight is 369 g/mol. The van der Waals surface area contributed by atoms with E-state index in [1.807, 2.05) is 49.0 Å². The lowest BCUT2D eigenvalue weighted by atomic mass is 10.3. The van der Waals surface area contributed by atoms with Gasteiger partial charge < -0.3 is 19.2 Å². The number of benzene rings is 1. The summed E-state index contributed by atoms with van der Waals surface area (Å²) in [7, 11) is 0. The van der Waals surface area contributed by atoms with Gasteiger partial charge in [0.15, 0.2) is 5.76 Å². The molecule has 0 unspecified atom stereocenters. The summed E-state index contributed by atoms with van der Waals surface area (Å²) in [5.74, 6) is 2.06. The molecule has 0 radical (unpaired) electrons. The van der Waals surface area contributed by atoms with Crippen LogP contribution < -0.4 is 14.8 Å². The Morgan fingerprint density at radius 1 is 1.11 bits per heavy atom. The third-order valence-electron chi connectivity index (χ3n) is 3.87. The van der Waals surface area contributed by atoms with E-state index in [9.17, 15) is 4.79 Å². The fourth-order valence-electron chi connectivity index (χ4n) is 2.47. The van der Waals surface area contributed by atoms with Gasteiger partial charge in [-0.1, -0.05) is 0 Å². The second-order valence-electron chi connectivity index (χ2n) is 5.85. The van der Waals surface area contributed by atoms with Crippen molar-refractivity contribution >= 4 is 5.91 Å². The Labute approximate surface area is 157 Å². The molecular formula is C20H23N3O4. The first-order valence-electron chi connectivity index (χ1n) is 8.91. The van der Waals surface area contributed by atoms with Crippen molar-refractivity contribution in [3.63, 3.8) is 0 Å². The Hall–Kier alpha value is -3.22. The van der Waals surface area contributed by atoms with Crippen molar-refractivity contribution in [2.45, 2.75) is 33.5 Å². The first-order chi connectivity index (χ1) is 13.2. The molecule has 2 heterocycles. The third-order valence-corrected chi connectivity index (χ3v) is 3.87. The number of hydrogen-bond acceptors (Lipinski definition) is 5. The minimum absolute atomic E-state index is 0.241. The number of hydrogen-bond donors (Lipinski definition) is 1. The number of rotatable bonds is 9. The van der Waals surface area contributed by atoms with E-state index >= 15 is 0 Å². The van der Waals surface area contributed by atoms with Crippen LogP contribution in [-0.4, -0.2) is 22.3 Å². The zero-order chi connectivity index (χ0) is 19.1. The predicted molar refractivity (Wildman–Crippen MR) is 99.7 cm³/mol. The van der Waals surface area contributed by atoms with Crippen LogP contribution in [0.3, 0.4) is 0 Å². The summed E-state index contributed by atoms with van der Waals surface area (Å²) >= 11 is 0. The fraction of sp³-hybridized carbons (Fsp3) is 0.300. The number of ether oxygens (including phenoxy) is 2. The molecule has 0 aliphatic heterocycles. The molecule has 1 amide bonds. The van der Waals surface area contributed by atoms with Crippen molar-refractivity contribution in [2.24, 2.45) is 0 Å². The lowest BCUT2D eigenvalue weighted by Gasteiger charge is -2.06. The standard InChI is InChI=1S/C20H23N3O4/c1-3-23-13-15(12-22-23)11-21-20(24)19-10-9-18(27-19)14-26-17-7-5-16(6-8-17)25-4-2/h5-10,12-13H,3-4,11,14H2,1-2H3,(H,21,24). The van der Waals surface area contributed by atoms with Crippen molar-refractivity contribution in [2.75, 3.05) is 6.61 Å². The van der Waals surface area contributed by atoms with Crippen LogP contribution in [0.15, 0.2) is 53.2 Å². The van der Waals surface area contributed by atoms with Crippen LogP contribution in [0.2, 0.25) is 0 Å². The molecule has 0 saturated carbocycles. The monoisotopic (exact) mass is 369 g/mol. The summed E-state index contributed by atoms with van der Waals surface area (Å²) in [4.78, 5) is 12.2. The van der Waals surface area contributed by atoms with Gasteiger partial charge in [-0.25, -0.2) is 0 Å². The molecule has 0 aliphatic rings. The molecule has 3 aromatic rings. The van der Waals surface area contributed by atoms with Crippen LogP contribution in [0.4, 0.5) is 0 Å². The molecule has 1 aromatic carbocycles. The minimum atomic E-state index is -0.272. The van der Waals surface area contributed by atoms with Crippen LogP contribution in [-0.2, 0) is 19.7 Å². The van der Waals surface area contributed by atoms with Gasteiger partial charge >= 0.3 is 0 Å². The van der Waals surface area contributed by atoms with Gasteiger partial charge in [0.25, 0.3) is 5.91 Å². The lowest BCUT2D eigenvalue weighted by molar-refractivity contribution is 0.0919. The fourth-order valence-corrected chi connectivity index (χ4v) is 2.47. The van der Waals surface area contributed by atoms with Gasteiger partial charge in [0, 0.05) is 24.8 Å². The quantitative estimate of drug-likeness (QED) is 0.625. The first kappa shape index (κ1) is 18.6. The SMILES string of the molecule is CCOc1ccc(OCc2ccc(C(=O)NCc3cnn(CC)c3)o2)cc1. The molecular weight excluding hydrogens is 346 g/mol. The highest BCUT2D eigenvalue weighted by atomic mass is 16.5. The van der Waals surface area contributed by atoms with Crippen molar-refractivity contribution in [3.8, 4) is 11.5 Å². The number of amides is 1. The van der Waals surface area contributed by atoms with Crippen LogP contribution >= 0.6 is 0 Å². The zero-order valence-electron chi connectivity index (χ0n) is 15.5. The summed E-state index contributed by atoms with van der Waals surface area (Å²) in [6.45, 7) is 6.01. The summed E-state index contributed by atoms with van der Waals surface area (Å²) in [5, 5.41) is 6.99. The molecule has 7 heteroatoms. The molecule has 0 atom stereocenters. The maximum absolute atomic E-state index is 12.2. The number of carbonyl (C=O) groups excluding carboxylic acids is 1. The van der Waals surface area contributed by atoms with E-state index < -0.39 is 0 Å². The summed E-state index contributed by atoms with van der Waals surface area (Å²) in [6.07, 6.45) is 3.64. The van der Waals surface area contributed by atoms with E-state index in [-0.39, 0.29) is 18.3 Å². The largest absolute Gasteiger partial charge is 0.494 e. The maximum atomic E-state index is 12.2. The van der Waals surface area contributed by atoms with Gasteiger partial charge in [-0.2, -0.15) is 5.10 Å². The van der Waals surface area contributed by atoms with Gasteiger partial charge in [0.1, 0.15) is 23.9 Å². The van der Waals surface area contributed by atoms with Gasteiger partial charge in [0.2, 0.25) is 0 Å². The number of nitrogens with zero attached hydrogens (tertiary/aromatic N) is 2. The van der Waals surface area contributed by atoms with Crippen molar-refractivity contribution in [1.82, 2.24) is 15.1 Å². The number of carbonyl (C=O) groups is 1. The highest BCUT2D eigenvalue weighted by Gasteiger charge is 2.12. The summed E-state index contributed by atoms with van der Waals surface area (Å²) in [5.41, 5.74) is 0.941. The van der Waals surface area contributed by atoms with E-state index in [2.05, 4.69) is 10.4 Å². The Kier molecular flexibility index (Phi) is 6.14. The second-order valence-corrected chi connectivity index (χ2v) is 5.85. The van der Waals surface area contributed by atoms with E-state index in [0.717, 1.165) is 17.9 Å². The predicted octanol–water partition coefficient (Wildman–Crippen LogP) is 3.40. The highest BCUT2D eigenvalue weighted by Crippen LogP contribution is 2.19. The molecule has 2 aromatic heterocycles. The first-order valence-corrected chi connectivity index (χ1v) is 8.91. The molecule has 0 fully saturated rings. The number of furan rings is 1. The number of nitrogens with one attached hydrogen (secondary N) is 1. The van der Waals surface area contributed by atoms with Crippen LogP contribution in [0.5, 0.6) is 11.5 Å². The minimum Gasteiger partial charge on any atom is -0.494 e. The van der Waals surface area contributed by atoms with Gasteiger partial charge in [-0.05, 0) is 50.2 Å². The Morgan fingerprint density at radius 2 is 1.85 bits per heavy atom. The summed E-state index contributed by atoms with van der Waals surface area (Å²) < 4.78 is 18.4. The molecule has 0 bridgehead atoms. The zero-order valence-corrected chi connectivity index (χ0v) is 15.5. The molecule has 3 rings (SSSR count). The molecule has 1 N–H and O–H groups in total. The van der Waals surface area contributed by atoms with Crippen molar-refractivity contribution < 1.29 is 18.7 Å².